The van der Waals surface area contributed by atoms with E-state index in [9.17, 15) is 0 Å². The summed E-state index contributed by atoms with van der Waals surface area (Å²) in [6, 6.07) is 0.982. The molecule has 0 aromatic carbocycles. The molecule has 0 bridgehead atoms. The highest BCUT2D eigenvalue weighted by molar-refractivity contribution is 4.71. The SMILES string of the molecule is CCC(C)C(C)NC(C)CCO. The summed E-state index contributed by atoms with van der Waals surface area (Å²) in [7, 11) is 0. The standard InChI is InChI=1S/C10H23NO/c1-5-8(2)10(4)11-9(3)6-7-12/h8-12H,5-7H2,1-4H3. The van der Waals surface area contributed by atoms with Crippen LogP contribution in [0.15, 0.2) is 0 Å². The zero-order chi connectivity index (χ0) is 9.56. The monoisotopic (exact) mass is 173 g/mol. The molecule has 2 nitrogen and oxygen atoms in total. The van der Waals surface area contributed by atoms with E-state index in [-0.39, 0.29) is 6.61 Å². The highest BCUT2D eigenvalue weighted by Gasteiger charge is 2.11. The van der Waals surface area contributed by atoms with Crippen LogP contribution in [0.1, 0.15) is 40.5 Å². The van der Waals surface area contributed by atoms with Crippen molar-refractivity contribution in [1.82, 2.24) is 5.32 Å². The molecule has 0 aromatic heterocycles. The average Bonchev–Trinajstić information content (AvgIpc) is 2.03. The summed E-state index contributed by atoms with van der Waals surface area (Å²) in [4.78, 5) is 0. The van der Waals surface area contributed by atoms with Crippen LogP contribution in [0.5, 0.6) is 0 Å². The highest BCUT2D eigenvalue weighted by Crippen LogP contribution is 2.07. The van der Waals surface area contributed by atoms with Gasteiger partial charge in [-0.1, -0.05) is 20.3 Å². The van der Waals surface area contributed by atoms with E-state index < -0.39 is 0 Å². The molecule has 0 aliphatic rings. The number of hydrogen-bond acceptors (Lipinski definition) is 2. The summed E-state index contributed by atoms with van der Waals surface area (Å²) in [5, 5.41) is 12.2. The predicted octanol–water partition coefficient (Wildman–Crippen LogP) is 1.78. The van der Waals surface area contributed by atoms with E-state index in [4.69, 9.17) is 5.11 Å². The van der Waals surface area contributed by atoms with E-state index in [2.05, 4.69) is 33.0 Å². The minimum absolute atomic E-state index is 0.279. The van der Waals surface area contributed by atoms with Crippen molar-refractivity contribution in [2.45, 2.75) is 52.6 Å². The van der Waals surface area contributed by atoms with Gasteiger partial charge in [-0.25, -0.2) is 0 Å². The highest BCUT2D eigenvalue weighted by atomic mass is 16.3. The molecular formula is C10H23NO. The third-order valence-electron chi connectivity index (χ3n) is 2.61. The zero-order valence-corrected chi connectivity index (χ0v) is 8.80. The molecule has 2 heteroatoms. The Balaban J connectivity index is 3.59. The molecule has 0 aliphatic carbocycles. The first kappa shape index (κ1) is 11.9. The smallest absolute Gasteiger partial charge is 0.0445 e. The largest absolute Gasteiger partial charge is 0.396 e. The molecule has 3 atom stereocenters. The molecule has 3 unspecified atom stereocenters. The second-order valence-corrected chi connectivity index (χ2v) is 3.75. The van der Waals surface area contributed by atoms with Crippen LogP contribution in [-0.2, 0) is 0 Å². The van der Waals surface area contributed by atoms with Gasteiger partial charge in [-0.2, -0.15) is 0 Å². The topological polar surface area (TPSA) is 32.3 Å². The van der Waals surface area contributed by atoms with Crippen LogP contribution in [0.2, 0.25) is 0 Å². The Morgan fingerprint density at radius 2 is 1.83 bits per heavy atom. The molecule has 0 rings (SSSR count). The van der Waals surface area contributed by atoms with Gasteiger partial charge in [0.25, 0.3) is 0 Å². The molecular weight excluding hydrogens is 150 g/mol. The van der Waals surface area contributed by atoms with E-state index in [0.29, 0.717) is 18.0 Å². The summed E-state index contributed by atoms with van der Waals surface area (Å²) in [5.41, 5.74) is 0. The first-order valence-corrected chi connectivity index (χ1v) is 4.98. The van der Waals surface area contributed by atoms with Crippen molar-refractivity contribution in [1.29, 1.82) is 0 Å². The molecule has 2 N–H and O–H groups in total. The summed E-state index contributed by atoms with van der Waals surface area (Å²) >= 11 is 0. The van der Waals surface area contributed by atoms with Crippen LogP contribution in [-0.4, -0.2) is 23.8 Å². The maximum Gasteiger partial charge on any atom is 0.0445 e. The van der Waals surface area contributed by atoms with Gasteiger partial charge in [0.05, 0.1) is 0 Å². The van der Waals surface area contributed by atoms with Crippen molar-refractivity contribution in [3.8, 4) is 0 Å². The fourth-order valence-electron chi connectivity index (χ4n) is 1.24. The lowest BCUT2D eigenvalue weighted by Crippen LogP contribution is -2.38. The van der Waals surface area contributed by atoms with E-state index in [0.717, 1.165) is 6.42 Å². The number of aliphatic hydroxyl groups is 1. The lowest BCUT2D eigenvalue weighted by molar-refractivity contribution is 0.255. The molecule has 0 amide bonds. The molecule has 0 aliphatic heterocycles. The molecule has 12 heavy (non-hydrogen) atoms. The van der Waals surface area contributed by atoms with Gasteiger partial charge in [-0.05, 0) is 26.2 Å². The van der Waals surface area contributed by atoms with E-state index in [1.54, 1.807) is 0 Å². The van der Waals surface area contributed by atoms with Crippen LogP contribution in [0, 0.1) is 5.92 Å². The van der Waals surface area contributed by atoms with E-state index in [1.807, 2.05) is 0 Å². The predicted molar refractivity (Wildman–Crippen MR) is 53.2 cm³/mol. The zero-order valence-electron chi connectivity index (χ0n) is 8.80. The van der Waals surface area contributed by atoms with Crippen molar-refractivity contribution in [2.24, 2.45) is 5.92 Å². The molecule has 0 radical (unpaired) electrons. The van der Waals surface area contributed by atoms with Crippen LogP contribution in [0.4, 0.5) is 0 Å². The Morgan fingerprint density at radius 3 is 2.25 bits per heavy atom. The summed E-state index contributed by atoms with van der Waals surface area (Å²) in [6.07, 6.45) is 2.06. The third kappa shape index (κ3) is 4.73. The quantitative estimate of drug-likeness (QED) is 0.641. The summed E-state index contributed by atoms with van der Waals surface area (Å²) in [5.74, 6) is 0.714. The molecule has 0 aromatic rings. The summed E-state index contributed by atoms with van der Waals surface area (Å²) in [6.45, 7) is 9.07. The maximum absolute atomic E-state index is 8.71. The Hall–Kier alpha value is -0.0800. The van der Waals surface area contributed by atoms with E-state index in [1.165, 1.54) is 6.42 Å². The van der Waals surface area contributed by atoms with E-state index >= 15 is 0 Å². The number of aliphatic hydroxyl groups excluding tert-OH is 1. The fourth-order valence-corrected chi connectivity index (χ4v) is 1.24. The Labute approximate surface area is 76.4 Å². The second kappa shape index (κ2) is 6.44. The Morgan fingerprint density at radius 1 is 1.25 bits per heavy atom. The molecule has 74 valence electrons. The Bertz CT molecular complexity index is 106. The molecule has 0 heterocycles. The molecule has 0 saturated carbocycles. The van der Waals surface area contributed by atoms with Crippen LogP contribution in [0.3, 0.4) is 0 Å². The third-order valence-corrected chi connectivity index (χ3v) is 2.61. The van der Waals surface area contributed by atoms with Crippen molar-refractivity contribution in [3.63, 3.8) is 0 Å². The normalized spacial score (nSPS) is 18.8. The van der Waals surface area contributed by atoms with Gasteiger partial charge in [0.15, 0.2) is 0 Å². The van der Waals surface area contributed by atoms with Gasteiger partial charge in [-0.3, -0.25) is 0 Å². The number of nitrogens with one attached hydrogen (secondary N) is 1. The van der Waals surface area contributed by atoms with Gasteiger partial charge < -0.3 is 10.4 Å². The lowest BCUT2D eigenvalue weighted by Gasteiger charge is -2.24. The van der Waals surface area contributed by atoms with Crippen molar-refractivity contribution in [2.75, 3.05) is 6.61 Å². The Kier molecular flexibility index (Phi) is 6.39. The minimum Gasteiger partial charge on any atom is -0.396 e. The van der Waals surface area contributed by atoms with Crippen molar-refractivity contribution in [3.05, 3.63) is 0 Å². The number of rotatable bonds is 6. The van der Waals surface area contributed by atoms with Crippen LogP contribution < -0.4 is 5.32 Å². The summed E-state index contributed by atoms with van der Waals surface area (Å²) < 4.78 is 0. The van der Waals surface area contributed by atoms with Crippen molar-refractivity contribution < 1.29 is 5.11 Å². The minimum atomic E-state index is 0.279. The first-order valence-electron chi connectivity index (χ1n) is 4.98. The second-order valence-electron chi connectivity index (χ2n) is 3.75. The van der Waals surface area contributed by atoms with Crippen LogP contribution >= 0.6 is 0 Å². The number of hydrogen-bond donors (Lipinski definition) is 2. The van der Waals surface area contributed by atoms with Gasteiger partial charge >= 0.3 is 0 Å². The van der Waals surface area contributed by atoms with Gasteiger partial charge in [0.1, 0.15) is 0 Å². The fraction of sp³-hybridized carbons (Fsp3) is 1.00. The van der Waals surface area contributed by atoms with Crippen molar-refractivity contribution >= 4 is 0 Å². The van der Waals surface area contributed by atoms with Gasteiger partial charge in [0.2, 0.25) is 0 Å². The molecule has 0 spiro atoms. The van der Waals surface area contributed by atoms with Gasteiger partial charge in [-0.15, -0.1) is 0 Å². The molecule has 0 saturated heterocycles. The van der Waals surface area contributed by atoms with Gasteiger partial charge in [0, 0.05) is 18.7 Å². The van der Waals surface area contributed by atoms with Crippen LogP contribution in [0.25, 0.3) is 0 Å². The lowest BCUT2D eigenvalue weighted by atomic mass is 10.00. The maximum atomic E-state index is 8.71. The first-order chi connectivity index (χ1) is 5.61. The molecule has 0 fully saturated rings. The average molecular weight is 173 g/mol.